The molecule has 0 radical (unpaired) electrons. The van der Waals surface area contributed by atoms with Crippen LogP contribution in [0.15, 0.2) is 48.7 Å². The second-order valence-electron chi connectivity index (χ2n) is 9.55. The number of H-pyrrole nitrogens is 1. The average Bonchev–Trinajstić information content (AvgIpc) is 3.57. The predicted octanol–water partition coefficient (Wildman–Crippen LogP) is 1.70. The van der Waals surface area contributed by atoms with E-state index in [1.165, 1.54) is 5.56 Å². The highest BCUT2D eigenvalue weighted by Gasteiger charge is 2.21. The van der Waals surface area contributed by atoms with Crippen molar-refractivity contribution in [3.8, 4) is 0 Å². The lowest BCUT2D eigenvalue weighted by molar-refractivity contribution is 0.0342. The average molecular weight is 489 g/mol. The largest absolute Gasteiger partial charge is 0.379 e. The van der Waals surface area contributed by atoms with Gasteiger partial charge in [0.15, 0.2) is 0 Å². The zero-order valence-corrected chi connectivity index (χ0v) is 20.2. The first-order valence-electron chi connectivity index (χ1n) is 12.6. The number of nitrogens with zero attached hydrogens (tertiary/aromatic N) is 3. The van der Waals surface area contributed by atoms with Gasteiger partial charge in [0.25, 0.3) is 5.91 Å². The van der Waals surface area contributed by atoms with Gasteiger partial charge in [0.05, 0.1) is 36.3 Å². The van der Waals surface area contributed by atoms with Crippen molar-refractivity contribution in [1.29, 1.82) is 0 Å². The van der Waals surface area contributed by atoms with Crippen LogP contribution in [0, 0.1) is 0 Å². The van der Waals surface area contributed by atoms with Gasteiger partial charge in [-0.1, -0.05) is 12.1 Å². The van der Waals surface area contributed by atoms with Crippen molar-refractivity contribution < 1.29 is 9.53 Å². The molecule has 4 heterocycles. The third-order valence-electron chi connectivity index (χ3n) is 7.01. The summed E-state index contributed by atoms with van der Waals surface area (Å²) < 4.78 is 5.44. The third-order valence-corrected chi connectivity index (χ3v) is 7.01. The number of carbonyl (C=O) groups excluding carboxylic acids is 1. The minimum Gasteiger partial charge on any atom is -0.379 e. The Morgan fingerprint density at radius 1 is 1.14 bits per heavy atom. The zero-order valence-electron chi connectivity index (χ0n) is 20.2. The normalized spacial score (nSPS) is 20.8. The van der Waals surface area contributed by atoms with E-state index < -0.39 is 0 Å². The Labute approximate surface area is 210 Å². The maximum Gasteiger partial charge on any atom is 0.251 e. The highest BCUT2D eigenvalue weighted by Crippen LogP contribution is 2.26. The number of hydrogen-bond acceptors (Lipinski definition) is 8. The van der Waals surface area contributed by atoms with Crippen LogP contribution >= 0.6 is 0 Å². The molecular formula is C26H32N8O2. The Kier molecular flexibility index (Phi) is 6.56. The summed E-state index contributed by atoms with van der Waals surface area (Å²) in [6.45, 7) is 6.33. The Balaban J connectivity index is 1.16. The first-order valence-corrected chi connectivity index (χ1v) is 12.6. The second-order valence-corrected chi connectivity index (χ2v) is 9.55. The van der Waals surface area contributed by atoms with Gasteiger partial charge < -0.3 is 15.4 Å². The number of benzene rings is 2. The number of rotatable bonds is 6. The number of aromatic amines is 1. The molecular weight excluding hydrogens is 456 g/mol. The number of hydrazine groups is 2. The number of fused-ring (bicyclic) bond motifs is 1. The van der Waals surface area contributed by atoms with E-state index in [4.69, 9.17) is 4.74 Å². The number of carbonyl (C=O) groups is 1. The van der Waals surface area contributed by atoms with Gasteiger partial charge in [-0.3, -0.25) is 25.2 Å². The second kappa shape index (κ2) is 10.3. The van der Waals surface area contributed by atoms with Crippen molar-refractivity contribution >= 4 is 28.2 Å². The number of anilines is 1. The molecule has 5 N–H and O–H groups in total. The fraction of sp³-hybridized carbons (Fsp3) is 0.385. The Morgan fingerprint density at radius 3 is 2.81 bits per heavy atom. The van der Waals surface area contributed by atoms with Crippen molar-refractivity contribution in [1.82, 2.24) is 36.7 Å². The molecule has 188 valence electrons. The minimum atomic E-state index is -0.0527. The van der Waals surface area contributed by atoms with Gasteiger partial charge in [-0.2, -0.15) is 5.10 Å². The summed E-state index contributed by atoms with van der Waals surface area (Å²) in [5.41, 5.74) is 11.8. The van der Waals surface area contributed by atoms with Crippen LogP contribution in [0.4, 0.5) is 5.69 Å². The maximum atomic E-state index is 12.9. The topological polar surface area (TPSA) is 110 Å². The molecule has 0 spiro atoms. The molecule has 2 aromatic carbocycles. The van der Waals surface area contributed by atoms with E-state index in [1.54, 1.807) is 0 Å². The van der Waals surface area contributed by atoms with E-state index in [2.05, 4.69) is 61.0 Å². The van der Waals surface area contributed by atoms with Crippen molar-refractivity contribution in [2.45, 2.75) is 25.4 Å². The maximum absolute atomic E-state index is 12.9. The van der Waals surface area contributed by atoms with E-state index in [1.807, 2.05) is 29.4 Å². The summed E-state index contributed by atoms with van der Waals surface area (Å²) in [5.74, 6) is -0.0527. The molecule has 0 bridgehead atoms. The van der Waals surface area contributed by atoms with Gasteiger partial charge in [-0.15, -0.1) is 5.53 Å². The first kappa shape index (κ1) is 23.0. The molecule has 36 heavy (non-hydrogen) atoms. The third kappa shape index (κ3) is 4.93. The molecule has 3 aliphatic heterocycles. The van der Waals surface area contributed by atoms with E-state index in [0.29, 0.717) is 5.56 Å². The van der Waals surface area contributed by atoms with E-state index in [9.17, 15) is 4.79 Å². The summed E-state index contributed by atoms with van der Waals surface area (Å²) >= 11 is 0. The SMILES string of the molecule is O=C(NC1CCCNC1)c1ccc2[nH]nc(C3=CN(c4ccc(CN5CCOCC5)cc4)NN3)c2c1. The summed E-state index contributed by atoms with van der Waals surface area (Å²) in [6, 6.07) is 14.4. The smallest absolute Gasteiger partial charge is 0.251 e. The first-order chi connectivity index (χ1) is 17.7. The summed E-state index contributed by atoms with van der Waals surface area (Å²) in [7, 11) is 0. The highest BCUT2D eigenvalue weighted by molar-refractivity contribution is 6.00. The van der Waals surface area contributed by atoms with E-state index in [0.717, 1.165) is 86.8 Å². The standard InChI is InChI=1S/C26H32N8O2/c35-26(28-20-2-1-9-27-15-20)19-5-8-23-22(14-19)25(31-29-23)24-17-34(32-30-24)21-6-3-18(4-7-21)16-33-10-12-36-13-11-33/h3-8,14,17,20,27,30,32H,1-2,9-13,15-16H2,(H,28,35)(H,29,31). The lowest BCUT2D eigenvalue weighted by atomic mass is 10.1. The summed E-state index contributed by atoms with van der Waals surface area (Å²) in [4.78, 5) is 15.3. The number of hydrogen-bond donors (Lipinski definition) is 5. The number of amides is 1. The van der Waals surface area contributed by atoms with Crippen LogP contribution in [0.2, 0.25) is 0 Å². The van der Waals surface area contributed by atoms with Gasteiger partial charge >= 0.3 is 0 Å². The quantitative estimate of drug-likeness (QED) is 0.357. The molecule has 1 atom stereocenters. The van der Waals surface area contributed by atoms with Gasteiger partial charge in [0, 0.05) is 43.2 Å². The lowest BCUT2D eigenvalue weighted by Gasteiger charge is -2.26. The molecule has 6 rings (SSSR count). The molecule has 2 fully saturated rings. The predicted molar refractivity (Wildman–Crippen MR) is 139 cm³/mol. The minimum absolute atomic E-state index is 0.0527. The van der Waals surface area contributed by atoms with Crippen LogP contribution in [-0.4, -0.2) is 66.4 Å². The van der Waals surface area contributed by atoms with Gasteiger partial charge in [0.2, 0.25) is 0 Å². The van der Waals surface area contributed by atoms with Gasteiger partial charge in [-0.05, 0) is 55.3 Å². The lowest BCUT2D eigenvalue weighted by Crippen LogP contribution is -2.45. The van der Waals surface area contributed by atoms with Crippen LogP contribution < -0.4 is 26.6 Å². The fourth-order valence-corrected chi connectivity index (χ4v) is 4.96. The Bertz CT molecular complexity index is 1240. The molecule has 10 nitrogen and oxygen atoms in total. The van der Waals surface area contributed by atoms with Crippen LogP contribution in [-0.2, 0) is 11.3 Å². The summed E-state index contributed by atoms with van der Waals surface area (Å²) in [5, 5.41) is 16.9. The monoisotopic (exact) mass is 488 g/mol. The molecule has 0 aliphatic carbocycles. The van der Waals surface area contributed by atoms with Crippen molar-refractivity contribution in [2.75, 3.05) is 44.4 Å². The van der Waals surface area contributed by atoms with Crippen molar-refractivity contribution in [3.05, 3.63) is 65.5 Å². The molecule has 3 aliphatic rings. The number of piperidine rings is 1. The van der Waals surface area contributed by atoms with Gasteiger partial charge in [-0.25, -0.2) is 0 Å². The van der Waals surface area contributed by atoms with Gasteiger partial charge in [0.1, 0.15) is 5.69 Å². The number of nitrogens with one attached hydrogen (secondary N) is 5. The molecule has 1 unspecified atom stereocenters. The fourth-order valence-electron chi connectivity index (χ4n) is 4.96. The summed E-state index contributed by atoms with van der Waals surface area (Å²) in [6.07, 6.45) is 4.06. The molecule has 1 aromatic heterocycles. The van der Waals surface area contributed by atoms with Crippen molar-refractivity contribution in [2.24, 2.45) is 0 Å². The van der Waals surface area contributed by atoms with Crippen LogP contribution in [0.1, 0.15) is 34.5 Å². The van der Waals surface area contributed by atoms with Crippen LogP contribution in [0.5, 0.6) is 0 Å². The van der Waals surface area contributed by atoms with E-state index in [-0.39, 0.29) is 11.9 Å². The Morgan fingerprint density at radius 2 is 2.00 bits per heavy atom. The van der Waals surface area contributed by atoms with E-state index >= 15 is 0 Å². The number of morpholine rings is 1. The zero-order chi connectivity index (χ0) is 24.3. The molecule has 1 amide bonds. The van der Waals surface area contributed by atoms with Crippen LogP contribution in [0.25, 0.3) is 16.6 Å². The number of aromatic nitrogens is 2. The molecule has 2 saturated heterocycles. The number of ether oxygens (including phenoxy) is 1. The molecule has 0 saturated carbocycles. The molecule has 3 aromatic rings. The molecule has 10 heteroatoms. The van der Waals surface area contributed by atoms with Crippen LogP contribution in [0.3, 0.4) is 0 Å². The highest BCUT2D eigenvalue weighted by atomic mass is 16.5. The Hall–Kier alpha value is -3.44. The van der Waals surface area contributed by atoms with Crippen molar-refractivity contribution in [3.63, 3.8) is 0 Å².